The number of hydrogen-bond donors (Lipinski definition) is 1. The lowest BCUT2D eigenvalue weighted by Gasteiger charge is -2.09. The SMILES string of the molecule is CC[C@H](C)NC(=O)c1ccc(COc2ccc3c(c2)OCO3)o1. The molecule has 0 saturated heterocycles. The molecule has 0 unspecified atom stereocenters. The monoisotopic (exact) mass is 317 g/mol. The van der Waals surface area contributed by atoms with Gasteiger partial charge < -0.3 is 23.9 Å². The number of ether oxygens (including phenoxy) is 3. The van der Waals surface area contributed by atoms with Crippen molar-refractivity contribution >= 4 is 5.91 Å². The van der Waals surface area contributed by atoms with Gasteiger partial charge in [0.1, 0.15) is 18.1 Å². The standard InChI is InChI=1S/C17H19NO5/c1-3-11(2)18-17(19)15-7-5-13(23-15)9-20-12-4-6-14-16(8-12)22-10-21-14/h4-8,11H,3,9-10H2,1-2H3,(H,18,19)/t11-/m0/s1. The average Bonchev–Trinajstić information content (AvgIpc) is 3.21. The number of carbonyl (C=O) groups excluding carboxylic acids is 1. The van der Waals surface area contributed by atoms with Gasteiger partial charge in [0.25, 0.3) is 5.91 Å². The van der Waals surface area contributed by atoms with E-state index in [1.165, 1.54) is 0 Å². The Kier molecular flexibility index (Phi) is 4.41. The van der Waals surface area contributed by atoms with Gasteiger partial charge in [0.05, 0.1) is 0 Å². The molecule has 23 heavy (non-hydrogen) atoms. The number of furan rings is 1. The van der Waals surface area contributed by atoms with Crippen LogP contribution in [0.2, 0.25) is 0 Å². The van der Waals surface area contributed by atoms with Crippen molar-refractivity contribution in [3.05, 3.63) is 41.9 Å². The van der Waals surface area contributed by atoms with Crippen LogP contribution in [0.15, 0.2) is 34.7 Å². The molecule has 1 atom stereocenters. The van der Waals surface area contributed by atoms with E-state index in [-0.39, 0.29) is 31.1 Å². The van der Waals surface area contributed by atoms with Crippen LogP contribution in [0, 0.1) is 0 Å². The predicted octanol–water partition coefficient (Wildman–Crippen LogP) is 3.12. The summed E-state index contributed by atoms with van der Waals surface area (Å²) in [6, 6.07) is 8.86. The van der Waals surface area contributed by atoms with Crippen molar-refractivity contribution in [2.75, 3.05) is 6.79 Å². The number of hydrogen-bond acceptors (Lipinski definition) is 5. The molecule has 122 valence electrons. The first-order valence-electron chi connectivity index (χ1n) is 7.57. The molecule has 6 heteroatoms. The third kappa shape index (κ3) is 3.59. The smallest absolute Gasteiger partial charge is 0.287 e. The zero-order chi connectivity index (χ0) is 16.2. The van der Waals surface area contributed by atoms with E-state index in [0.29, 0.717) is 23.0 Å². The fraction of sp³-hybridized carbons (Fsp3) is 0.353. The summed E-state index contributed by atoms with van der Waals surface area (Å²) < 4.78 is 21.7. The first-order chi connectivity index (χ1) is 11.2. The van der Waals surface area contributed by atoms with E-state index in [2.05, 4.69) is 5.32 Å². The molecular weight excluding hydrogens is 298 g/mol. The van der Waals surface area contributed by atoms with E-state index < -0.39 is 0 Å². The average molecular weight is 317 g/mol. The minimum absolute atomic E-state index is 0.112. The topological polar surface area (TPSA) is 69.9 Å². The Labute approximate surface area is 134 Å². The summed E-state index contributed by atoms with van der Waals surface area (Å²) in [5.41, 5.74) is 0. The van der Waals surface area contributed by atoms with Crippen LogP contribution in [0.3, 0.4) is 0 Å². The molecule has 0 spiro atoms. The first kappa shape index (κ1) is 15.3. The van der Waals surface area contributed by atoms with Gasteiger partial charge in [-0.15, -0.1) is 0 Å². The third-order valence-electron chi connectivity index (χ3n) is 3.60. The molecule has 0 bridgehead atoms. The molecule has 1 aliphatic rings. The zero-order valence-electron chi connectivity index (χ0n) is 13.1. The molecular formula is C17H19NO5. The van der Waals surface area contributed by atoms with Crippen LogP contribution >= 0.6 is 0 Å². The second-order valence-corrected chi connectivity index (χ2v) is 5.35. The molecule has 0 aliphatic carbocycles. The molecule has 1 N–H and O–H groups in total. The summed E-state index contributed by atoms with van der Waals surface area (Å²) in [4.78, 5) is 12.0. The van der Waals surface area contributed by atoms with Crippen molar-refractivity contribution in [2.24, 2.45) is 0 Å². The van der Waals surface area contributed by atoms with Gasteiger partial charge in [-0.1, -0.05) is 6.92 Å². The lowest BCUT2D eigenvalue weighted by Crippen LogP contribution is -2.31. The minimum Gasteiger partial charge on any atom is -0.486 e. The maximum Gasteiger partial charge on any atom is 0.287 e. The molecule has 2 aromatic rings. The largest absolute Gasteiger partial charge is 0.486 e. The molecule has 0 saturated carbocycles. The maximum absolute atomic E-state index is 12.0. The summed E-state index contributed by atoms with van der Waals surface area (Å²) in [7, 11) is 0. The van der Waals surface area contributed by atoms with Gasteiger partial charge in [-0.3, -0.25) is 4.79 Å². The van der Waals surface area contributed by atoms with Crippen LogP contribution in [0.5, 0.6) is 17.2 Å². The number of benzene rings is 1. The van der Waals surface area contributed by atoms with Crippen molar-refractivity contribution in [3.8, 4) is 17.2 Å². The van der Waals surface area contributed by atoms with Gasteiger partial charge in [-0.05, 0) is 37.6 Å². The van der Waals surface area contributed by atoms with E-state index in [9.17, 15) is 4.79 Å². The van der Waals surface area contributed by atoms with Gasteiger partial charge in [0.2, 0.25) is 6.79 Å². The van der Waals surface area contributed by atoms with Gasteiger partial charge in [0, 0.05) is 12.1 Å². The fourth-order valence-electron chi connectivity index (χ4n) is 2.10. The van der Waals surface area contributed by atoms with E-state index >= 15 is 0 Å². The summed E-state index contributed by atoms with van der Waals surface area (Å²) in [6.07, 6.45) is 0.868. The predicted molar refractivity (Wildman–Crippen MR) is 82.8 cm³/mol. The molecule has 1 aromatic carbocycles. The second kappa shape index (κ2) is 6.64. The number of fused-ring (bicyclic) bond motifs is 1. The molecule has 1 amide bonds. The van der Waals surface area contributed by atoms with E-state index in [1.54, 1.807) is 30.3 Å². The van der Waals surface area contributed by atoms with E-state index in [1.807, 2.05) is 13.8 Å². The number of nitrogens with one attached hydrogen (secondary N) is 1. The number of rotatable bonds is 6. The molecule has 3 rings (SSSR count). The normalized spacial score (nSPS) is 13.7. The van der Waals surface area contributed by atoms with Gasteiger partial charge >= 0.3 is 0 Å². The van der Waals surface area contributed by atoms with Crippen LogP contribution in [0.25, 0.3) is 0 Å². The van der Waals surface area contributed by atoms with Crippen LogP contribution in [-0.4, -0.2) is 18.7 Å². The Bertz CT molecular complexity index is 694. The Balaban J connectivity index is 1.58. The first-order valence-corrected chi connectivity index (χ1v) is 7.57. The van der Waals surface area contributed by atoms with Crippen molar-refractivity contribution in [2.45, 2.75) is 32.9 Å². The highest BCUT2D eigenvalue weighted by Gasteiger charge is 2.15. The highest BCUT2D eigenvalue weighted by Crippen LogP contribution is 2.35. The quantitative estimate of drug-likeness (QED) is 0.886. The number of amides is 1. The number of carbonyl (C=O) groups is 1. The van der Waals surface area contributed by atoms with Crippen LogP contribution in [0.4, 0.5) is 0 Å². The molecule has 0 fully saturated rings. The molecule has 2 heterocycles. The lowest BCUT2D eigenvalue weighted by molar-refractivity contribution is 0.0907. The highest BCUT2D eigenvalue weighted by atomic mass is 16.7. The van der Waals surface area contributed by atoms with Gasteiger partial charge in [0.15, 0.2) is 17.3 Å². The Morgan fingerprint density at radius 1 is 1.26 bits per heavy atom. The van der Waals surface area contributed by atoms with E-state index in [0.717, 1.165) is 6.42 Å². The Morgan fingerprint density at radius 2 is 2.09 bits per heavy atom. The van der Waals surface area contributed by atoms with E-state index in [4.69, 9.17) is 18.6 Å². The summed E-state index contributed by atoms with van der Waals surface area (Å²) in [5.74, 6) is 2.67. The third-order valence-corrected chi connectivity index (χ3v) is 3.60. The summed E-state index contributed by atoms with van der Waals surface area (Å²) >= 11 is 0. The van der Waals surface area contributed by atoms with Gasteiger partial charge in [-0.2, -0.15) is 0 Å². The highest BCUT2D eigenvalue weighted by molar-refractivity contribution is 5.91. The summed E-state index contributed by atoms with van der Waals surface area (Å²) in [5, 5.41) is 2.86. The maximum atomic E-state index is 12.0. The molecule has 6 nitrogen and oxygen atoms in total. The van der Waals surface area contributed by atoms with Crippen molar-refractivity contribution in [3.63, 3.8) is 0 Å². The lowest BCUT2D eigenvalue weighted by atomic mass is 10.2. The van der Waals surface area contributed by atoms with Crippen molar-refractivity contribution in [1.82, 2.24) is 5.32 Å². The summed E-state index contributed by atoms with van der Waals surface area (Å²) in [6.45, 7) is 4.42. The second-order valence-electron chi connectivity index (χ2n) is 5.35. The van der Waals surface area contributed by atoms with Crippen molar-refractivity contribution in [1.29, 1.82) is 0 Å². The Morgan fingerprint density at radius 3 is 2.91 bits per heavy atom. The zero-order valence-corrected chi connectivity index (χ0v) is 13.1. The fourth-order valence-corrected chi connectivity index (χ4v) is 2.10. The van der Waals surface area contributed by atoms with Crippen LogP contribution < -0.4 is 19.5 Å². The molecule has 0 radical (unpaired) electrons. The minimum atomic E-state index is -0.214. The van der Waals surface area contributed by atoms with Gasteiger partial charge in [-0.25, -0.2) is 0 Å². The molecule has 1 aliphatic heterocycles. The molecule has 1 aromatic heterocycles. The van der Waals surface area contributed by atoms with Crippen molar-refractivity contribution < 1.29 is 23.4 Å². The van der Waals surface area contributed by atoms with Crippen LogP contribution in [-0.2, 0) is 6.61 Å². The Hall–Kier alpha value is -2.63. The van der Waals surface area contributed by atoms with Crippen LogP contribution in [0.1, 0.15) is 36.6 Å².